The fourth-order valence-corrected chi connectivity index (χ4v) is 2.43. The summed E-state index contributed by atoms with van der Waals surface area (Å²) >= 11 is 0. The van der Waals surface area contributed by atoms with E-state index in [0.29, 0.717) is 31.6 Å². The molecule has 1 aliphatic rings. The standard InChI is InChI=1S/C15H21F2N3O/c1-2-4-18-9-11-7-12(16)15(13(17)8-11)20-6-3-5-19-14(21)10-20/h7-8,18H,2-6,9-10H2,1H3,(H,19,21). The third kappa shape index (κ3) is 4.14. The topological polar surface area (TPSA) is 44.4 Å². The lowest BCUT2D eigenvalue weighted by atomic mass is 10.1. The molecule has 6 heteroatoms. The van der Waals surface area contributed by atoms with Crippen LogP contribution in [0.1, 0.15) is 25.3 Å². The zero-order chi connectivity index (χ0) is 15.2. The van der Waals surface area contributed by atoms with Crippen LogP contribution in [0, 0.1) is 11.6 Å². The Hall–Kier alpha value is -1.69. The molecule has 0 atom stereocenters. The van der Waals surface area contributed by atoms with Crippen molar-refractivity contribution in [1.29, 1.82) is 0 Å². The number of hydrogen-bond donors (Lipinski definition) is 2. The first-order valence-corrected chi connectivity index (χ1v) is 7.32. The van der Waals surface area contributed by atoms with Crippen molar-refractivity contribution in [1.82, 2.24) is 10.6 Å². The molecule has 0 saturated carbocycles. The highest BCUT2D eigenvalue weighted by atomic mass is 19.1. The Kier molecular flexibility index (Phi) is 5.50. The molecule has 1 fully saturated rings. The van der Waals surface area contributed by atoms with Crippen LogP contribution in [0.25, 0.3) is 0 Å². The average Bonchev–Trinajstić information content (AvgIpc) is 2.63. The zero-order valence-electron chi connectivity index (χ0n) is 12.2. The van der Waals surface area contributed by atoms with E-state index in [1.54, 1.807) is 0 Å². The Morgan fingerprint density at radius 1 is 1.33 bits per heavy atom. The second-order valence-electron chi connectivity index (χ2n) is 5.21. The van der Waals surface area contributed by atoms with Gasteiger partial charge in [-0.05, 0) is 37.1 Å². The van der Waals surface area contributed by atoms with Crippen molar-refractivity contribution in [3.05, 3.63) is 29.3 Å². The average molecular weight is 297 g/mol. The molecule has 1 heterocycles. The van der Waals surface area contributed by atoms with E-state index in [1.807, 2.05) is 6.92 Å². The smallest absolute Gasteiger partial charge is 0.239 e. The molecule has 0 aromatic heterocycles. The minimum Gasteiger partial charge on any atom is -0.357 e. The first kappa shape index (κ1) is 15.7. The van der Waals surface area contributed by atoms with Gasteiger partial charge in [0.25, 0.3) is 0 Å². The summed E-state index contributed by atoms with van der Waals surface area (Å²) in [5.41, 5.74) is 0.466. The Bertz CT molecular complexity index is 485. The Morgan fingerprint density at radius 3 is 2.71 bits per heavy atom. The molecule has 0 unspecified atom stereocenters. The van der Waals surface area contributed by atoms with Crippen LogP contribution >= 0.6 is 0 Å². The molecule has 1 aromatic rings. The van der Waals surface area contributed by atoms with Gasteiger partial charge >= 0.3 is 0 Å². The summed E-state index contributed by atoms with van der Waals surface area (Å²) in [7, 11) is 0. The monoisotopic (exact) mass is 297 g/mol. The van der Waals surface area contributed by atoms with Crippen LogP contribution in [-0.2, 0) is 11.3 Å². The molecule has 1 amide bonds. The summed E-state index contributed by atoms with van der Waals surface area (Å²) in [6.45, 7) is 4.25. The fourth-order valence-electron chi connectivity index (χ4n) is 2.43. The van der Waals surface area contributed by atoms with E-state index in [0.717, 1.165) is 13.0 Å². The van der Waals surface area contributed by atoms with Gasteiger partial charge in [0.15, 0.2) is 0 Å². The maximum absolute atomic E-state index is 14.2. The molecule has 0 bridgehead atoms. The number of nitrogens with one attached hydrogen (secondary N) is 2. The summed E-state index contributed by atoms with van der Waals surface area (Å²) in [5, 5.41) is 5.80. The summed E-state index contributed by atoms with van der Waals surface area (Å²) in [6, 6.07) is 2.67. The number of anilines is 1. The molecule has 116 valence electrons. The van der Waals surface area contributed by atoms with Gasteiger partial charge in [-0.2, -0.15) is 0 Å². The van der Waals surface area contributed by atoms with Crippen molar-refractivity contribution in [2.75, 3.05) is 31.1 Å². The highest BCUT2D eigenvalue weighted by molar-refractivity contribution is 5.81. The molecule has 4 nitrogen and oxygen atoms in total. The number of amides is 1. The zero-order valence-corrected chi connectivity index (χ0v) is 12.2. The minimum atomic E-state index is -0.613. The maximum Gasteiger partial charge on any atom is 0.239 e. The van der Waals surface area contributed by atoms with Crippen molar-refractivity contribution < 1.29 is 13.6 Å². The van der Waals surface area contributed by atoms with Gasteiger partial charge in [-0.25, -0.2) is 8.78 Å². The molecule has 1 saturated heterocycles. The Labute approximate surface area is 123 Å². The summed E-state index contributed by atoms with van der Waals surface area (Å²) in [4.78, 5) is 13.0. The van der Waals surface area contributed by atoms with Crippen LogP contribution in [0.4, 0.5) is 14.5 Å². The highest BCUT2D eigenvalue weighted by Crippen LogP contribution is 2.25. The van der Waals surface area contributed by atoms with Gasteiger partial charge in [-0.1, -0.05) is 6.92 Å². The van der Waals surface area contributed by atoms with E-state index in [-0.39, 0.29) is 18.1 Å². The van der Waals surface area contributed by atoms with Gasteiger partial charge in [0.05, 0.1) is 6.54 Å². The molecule has 0 aliphatic carbocycles. The van der Waals surface area contributed by atoms with Crippen molar-refractivity contribution in [3.63, 3.8) is 0 Å². The second kappa shape index (κ2) is 7.36. The Morgan fingerprint density at radius 2 is 2.05 bits per heavy atom. The molecule has 0 radical (unpaired) electrons. The van der Waals surface area contributed by atoms with Crippen LogP contribution < -0.4 is 15.5 Å². The normalized spacial score (nSPS) is 15.8. The lowest BCUT2D eigenvalue weighted by Gasteiger charge is -2.23. The summed E-state index contributed by atoms with van der Waals surface area (Å²) in [6.07, 6.45) is 1.64. The molecule has 21 heavy (non-hydrogen) atoms. The lowest BCUT2D eigenvalue weighted by molar-refractivity contribution is -0.119. The van der Waals surface area contributed by atoms with Crippen molar-refractivity contribution in [3.8, 4) is 0 Å². The van der Waals surface area contributed by atoms with E-state index >= 15 is 0 Å². The molecule has 2 rings (SSSR count). The van der Waals surface area contributed by atoms with Gasteiger partial charge in [0.2, 0.25) is 5.91 Å². The molecule has 1 aliphatic heterocycles. The van der Waals surface area contributed by atoms with E-state index in [9.17, 15) is 13.6 Å². The number of halogens is 2. The quantitative estimate of drug-likeness (QED) is 0.815. The van der Waals surface area contributed by atoms with Crippen molar-refractivity contribution in [2.24, 2.45) is 0 Å². The third-order valence-corrected chi connectivity index (χ3v) is 3.41. The van der Waals surface area contributed by atoms with Gasteiger partial charge in [-0.3, -0.25) is 4.79 Å². The number of nitrogens with zero attached hydrogens (tertiary/aromatic N) is 1. The second-order valence-corrected chi connectivity index (χ2v) is 5.21. The van der Waals surface area contributed by atoms with Crippen molar-refractivity contribution >= 4 is 11.6 Å². The molecular formula is C15H21F2N3O. The van der Waals surface area contributed by atoms with Gasteiger partial charge in [0, 0.05) is 19.6 Å². The number of hydrogen-bond acceptors (Lipinski definition) is 3. The SMILES string of the molecule is CCCNCc1cc(F)c(N2CCCNC(=O)C2)c(F)c1. The molecule has 0 spiro atoms. The van der Waals surface area contributed by atoms with Crippen LogP contribution in [0.3, 0.4) is 0 Å². The number of benzene rings is 1. The van der Waals surface area contributed by atoms with E-state index < -0.39 is 11.6 Å². The minimum absolute atomic E-state index is 0.0126. The largest absolute Gasteiger partial charge is 0.357 e. The first-order chi connectivity index (χ1) is 10.1. The van der Waals surface area contributed by atoms with E-state index in [4.69, 9.17) is 0 Å². The number of rotatable bonds is 5. The van der Waals surface area contributed by atoms with Gasteiger partial charge in [0.1, 0.15) is 17.3 Å². The first-order valence-electron chi connectivity index (χ1n) is 7.32. The van der Waals surface area contributed by atoms with Crippen molar-refractivity contribution in [2.45, 2.75) is 26.3 Å². The maximum atomic E-state index is 14.2. The van der Waals surface area contributed by atoms with Crippen LogP contribution in [-0.4, -0.2) is 32.1 Å². The van der Waals surface area contributed by atoms with Crippen LogP contribution in [0.5, 0.6) is 0 Å². The highest BCUT2D eigenvalue weighted by Gasteiger charge is 2.22. The number of carbonyl (C=O) groups excluding carboxylic acids is 1. The number of carbonyl (C=O) groups is 1. The lowest BCUT2D eigenvalue weighted by Crippen LogP contribution is -2.34. The van der Waals surface area contributed by atoms with E-state index in [2.05, 4.69) is 10.6 Å². The molecule has 1 aromatic carbocycles. The molecule has 2 N–H and O–H groups in total. The predicted molar refractivity (Wildman–Crippen MR) is 78.2 cm³/mol. The van der Waals surface area contributed by atoms with Crippen LogP contribution in [0.15, 0.2) is 12.1 Å². The third-order valence-electron chi connectivity index (χ3n) is 3.41. The predicted octanol–water partition coefficient (Wildman–Crippen LogP) is 1.79. The van der Waals surface area contributed by atoms with Gasteiger partial charge in [-0.15, -0.1) is 0 Å². The fraction of sp³-hybridized carbons (Fsp3) is 0.533. The van der Waals surface area contributed by atoms with Gasteiger partial charge < -0.3 is 15.5 Å². The van der Waals surface area contributed by atoms with Crippen LogP contribution in [0.2, 0.25) is 0 Å². The summed E-state index contributed by atoms with van der Waals surface area (Å²) in [5.74, 6) is -1.43. The Balaban J connectivity index is 2.17. The summed E-state index contributed by atoms with van der Waals surface area (Å²) < 4.78 is 28.4. The van der Waals surface area contributed by atoms with E-state index in [1.165, 1.54) is 17.0 Å². The molecular weight excluding hydrogens is 276 g/mol.